The van der Waals surface area contributed by atoms with E-state index in [-0.39, 0.29) is 22.8 Å². The second kappa shape index (κ2) is 8.97. The molecule has 6 nitrogen and oxygen atoms in total. The monoisotopic (exact) mass is 431 g/mol. The van der Waals surface area contributed by atoms with Gasteiger partial charge in [-0.05, 0) is 42.0 Å². The highest BCUT2D eigenvalue weighted by atomic mass is 32.1. The Morgan fingerprint density at radius 2 is 1.81 bits per heavy atom. The number of hydrogen-bond acceptors (Lipinski definition) is 4. The number of amides is 1. The lowest BCUT2D eigenvalue weighted by Gasteiger charge is -2.12. The summed E-state index contributed by atoms with van der Waals surface area (Å²) in [5.41, 5.74) is 2.62. The molecule has 4 rings (SSSR count). The summed E-state index contributed by atoms with van der Waals surface area (Å²) in [6.45, 7) is 0.710. The number of carbonyl (C=O) groups is 1. The first-order chi connectivity index (χ1) is 15.1. The maximum absolute atomic E-state index is 13.1. The Kier molecular flexibility index (Phi) is 5.95. The van der Waals surface area contributed by atoms with Crippen LogP contribution in [0.4, 0.5) is 0 Å². The number of nitrogens with one attached hydrogen (secondary N) is 2. The molecule has 2 N–H and O–H groups in total. The van der Waals surface area contributed by atoms with Crippen molar-refractivity contribution < 1.29 is 9.53 Å². The highest BCUT2D eigenvalue weighted by Crippen LogP contribution is 2.19. The molecule has 31 heavy (non-hydrogen) atoms. The number of H-pyrrole nitrogens is 1. The van der Waals surface area contributed by atoms with Crippen molar-refractivity contribution in [2.24, 2.45) is 0 Å². The third-order valence-corrected chi connectivity index (χ3v) is 5.38. The van der Waals surface area contributed by atoms with Gasteiger partial charge in [-0.1, -0.05) is 48.5 Å². The lowest BCUT2D eigenvalue weighted by Crippen LogP contribution is -2.24. The van der Waals surface area contributed by atoms with Gasteiger partial charge in [0.2, 0.25) is 0 Å². The molecule has 0 aliphatic rings. The molecule has 0 saturated heterocycles. The number of aromatic amines is 1. The number of rotatable bonds is 6. The van der Waals surface area contributed by atoms with E-state index >= 15 is 0 Å². The Morgan fingerprint density at radius 3 is 2.58 bits per heavy atom. The summed E-state index contributed by atoms with van der Waals surface area (Å²) in [6.07, 6.45) is 0. The van der Waals surface area contributed by atoms with Crippen LogP contribution in [0.25, 0.3) is 10.9 Å². The van der Waals surface area contributed by atoms with Crippen LogP contribution in [0.5, 0.6) is 5.75 Å². The first-order valence-corrected chi connectivity index (χ1v) is 10.2. The fourth-order valence-electron chi connectivity index (χ4n) is 3.42. The Labute approximate surface area is 184 Å². The van der Waals surface area contributed by atoms with Gasteiger partial charge in [-0.15, -0.1) is 0 Å². The van der Waals surface area contributed by atoms with Gasteiger partial charge >= 0.3 is 0 Å². The number of benzene rings is 3. The van der Waals surface area contributed by atoms with E-state index in [1.807, 2.05) is 54.6 Å². The van der Waals surface area contributed by atoms with E-state index in [1.54, 1.807) is 25.3 Å². The van der Waals surface area contributed by atoms with Crippen LogP contribution in [0.2, 0.25) is 0 Å². The summed E-state index contributed by atoms with van der Waals surface area (Å²) in [4.78, 5) is 28.7. The van der Waals surface area contributed by atoms with E-state index in [9.17, 15) is 9.59 Å². The van der Waals surface area contributed by atoms with Crippen LogP contribution in [0.15, 0.2) is 77.6 Å². The maximum Gasteiger partial charge on any atom is 0.262 e. The van der Waals surface area contributed by atoms with Crippen LogP contribution >= 0.6 is 12.2 Å². The van der Waals surface area contributed by atoms with Gasteiger partial charge in [0.15, 0.2) is 4.77 Å². The van der Waals surface area contributed by atoms with Crippen molar-refractivity contribution in [3.63, 3.8) is 0 Å². The zero-order valence-corrected chi connectivity index (χ0v) is 17.7. The van der Waals surface area contributed by atoms with Gasteiger partial charge in [-0.2, -0.15) is 0 Å². The van der Waals surface area contributed by atoms with E-state index in [2.05, 4.69) is 10.3 Å². The topological polar surface area (TPSA) is 76.1 Å². The summed E-state index contributed by atoms with van der Waals surface area (Å²) in [5.74, 6) is 0.470. The molecular formula is C24H21N3O3S. The SMILES string of the molecule is COc1ccccc1Cn1c(=S)[nH]c2cc(C(=O)NCc3ccccc3)ccc2c1=O. The predicted molar refractivity (Wildman–Crippen MR) is 123 cm³/mol. The van der Waals surface area contributed by atoms with Crippen molar-refractivity contribution in [2.75, 3.05) is 7.11 Å². The molecule has 0 fully saturated rings. The molecule has 0 bridgehead atoms. The third kappa shape index (κ3) is 4.41. The number of para-hydroxylation sites is 1. The van der Waals surface area contributed by atoms with E-state index in [0.29, 0.717) is 28.8 Å². The number of methoxy groups -OCH3 is 1. The van der Waals surface area contributed by atoms with E-state index in [1.165, 1.54) is 4.57 Å². The van der Waals surface area contributed by atoms with Crippen LogP contribution in [-0.4, -0.2) is 22.6 Å². The molecule has 0 atom stereocenters. The highest BCUT2D eigenvalue weighted by molar-refractivity contribution is 7.71. The number of hydrogen-bond donors (Lipinski definition) is 2. The minimum absolute atomic E-state index is 0.219. The van der Waals surface area contributed by atoms with Gasteiger partial charge in [0.05, 0.1) is 24.6 Å². The van der Waals surface area contributed by atoms with Crippen LogP contribution in [0.3, 0.4) is 0 Å². The Hall–Kier alpha value is -3.71. The fourth-order valence-corrected chi connectivity index (χ4v) is 3.68. The molecule has 156 valence electrons. The average Bonchev–Trinajstić information content (AvgIpc) is 2.80. The van der Waals surface area contributed by atoms with Crippen molar-refractivity contribution in [3.05, 3.63) is 105 Å². The van der Waals surface area contributed by atoms with E-state index < -0.39 is 0 Å². The summed E-state index contributed by atoms with van der Waals surface area (Å²) < 4.78 is 7.15. The quantitative estimate of drug-likeness (QED) is 0.452. The molecule has 0 saturated carbocycles. The molecular weight excluding hydrogens is 410 g/mol. The molecule has 1 amide bonds. The van der Waals surface area contributed by atoms with Gasteiger partial charge in [-0.3, -0.25) is 14.2 Å². The molecule has 1 heterocycles. The zero-order valence-electron chi connectivity index (χ0n) is 16.9. The molecule has 7 heteroatoms. The van der Waals surface area contributed by atoms with Crippen molar-refractivity contribution in [2.45, 2.75) is 13.1 Å². The van der Waals surface area contributed by atoms with Crippen LogP contribution < -0.4 is 15.6 Å². The molecule has 0 spiro atoms. The second-order valence-electron chi connectivity index (χ2n) is 7.06. The second-order valence-corrected chi connectivity index (χ2v) is 7.45. The number of aromatic nitrogens is 2. The van der Waals surface area contributed by atoms with E-state index in [4.69, 9.17) is 17.0 Å². The molecule has 0 aliphatic carbocycles. The molecule has 0 aliphatic heterocycles. The molecule has 1 aromatic heterocycles. The Morgan fingerprint density at radius 1 is 1.06 bits per heavy atom. The maximum atomic E-state index is 13.1. The predicted octanol–water partition coefficient (Wildman–Crippen LogP) is 4.05. The minimum atomic E-state index is -0.221. The highest BCUT2D eigenvalue weighted by Gasteiger charge is 2.12. The smallest absolute Gasteiger partial charge is 0.262 e. The molecule has 3 aromatic carbocycles. The minimum Gasteiger partial charge on any atom is -0.496 e. The van der Waals surface area contributed by atoms with Gasteiger partial charge in [-0.25, -0.2) is 0 Å². The third-order valence-electron chi connectivity index (χ3n) is 5.06. The van der Waals surface area contributed by atoms with Gasteiger partial charge in [0.1, 0.15) is 5.75 Å². The van der Waals surface area contributed by atoms with Gasteiger partial charge in [0.25, 0.3) is 11.5 Å². The largest absolute Gasteiger partial charge is 0.496 e. The first-order valence-electron chi connectivity index (χ1n) is 9.77. The molecule has 4 aromatic rings. The van der Waals surface area contributed by atoms with Crippen molar-refractivity contribution >= 4 is 29.0 Å². The Balaban J connectivity index is 1.62. The standard InChI is InChI=1S/C24H21N3O3S/c1-30-21-10-6-5-9-18(21)15-27-23(29)19-12-11-17(13-20(19)26-24(27)31)22(28)25-14-16-7-3-2-4-8-16/h2-13H,14-15H2,1H3,(H,25,28)(H,26,31). The number of nitrogens with zero attached hydrogens (tertiary/aromatic N) is 1. The summed E-state index contributed by atoms with van der Waals surface area (Å²) in [5, 5.41) is 3.35. The van der Waals surface area contributed by atoms with Crippen molar-refractivity contribution in [3.8, 4) is 5.75 Å². The Bertz CT molecular complexity index is 1360. The zero-order chi connectivity index (χ0) is 21.8. The average molecular weight is 432 g/mol. The van der Waals surface area contributed by atoms with Crippen molar-refractivity contribution in [1.29, 1.82) is 0 Å². The van der Waals surface area contributed by atoms with Gasteiger partial charge in [0, 0.05) is 17.7 Å². The number of fused-ring (bicyclic) bond motifs is 1. The van der Waals surface area contributed by atoms with Gasteiger partial charge < -0.3 is 15.0 Å². The summed E-state index contributed by atoms with van der Waals surface area (Å²) >= 11 is 5.44. The molecule has 0 unspecified atom stereocenters. The lowest BCUT2D eigenvalue weighted by atomic mass is 10.1. The lowest BCUT2D eigenvalue weighted by molar-refractivity contribution is 0.0951. The fraction of sp³-hybridized carbons (Fsp3) is 0.125. The van der Waals surface area contributed by atoms with Crippen LogP contribution in [0.1, 0.15) is 21.5 Å². The van der Waals surface area contributed by atoms with Crippen LogP contribution in [0, 0.1) is 4.77 Å². The van der Waals surface area contributed by atoms with E-state index in [0.717, 1.165) is 11.1 Å². The van der Waals surface area contributed by atoms with Crippen molar-refractivity contribution in [1.82, 2.24) is 14.9 Å². The summed E-state index contributed by atoms with van der Waals surface area (Å²) in [6, 6.07) is 22.1. The molecule has 0 radical (unpaired) electrons. The summed E-state index contributed by atoms with van der Waals surface area (Å²) in [7, 11) is 1.59. The van der Waals surface area contributed by atoms with Crippen LogP contribution in [-0.2, 0) is 13.1 Å². The first kappa shape index (κ1) is 20.6. The number of carbonyl (C=O) groups excluding carboxylic acids is 1. The number of ether oxygens (including phenoxy) is 1. The normalized spacial score (nSPS) is 10.7.